The van der Waals surface area contributed by atoms with E-state index in [9.17, 15) is 27.6 Å². The summed E-state index contributed by atoms with van der Waals surface area (Å²) in [4.78, 5) is 37.6. The Balaban J connectivity index is 1.36. The van der Waals surface area contributed by atoms with Crippen molar-refractivity contribution in [3.8, 4) is 0 Å². The van der Waals surface area contributed by atoms with Crippen molar-refractivity contribution in [1.29, 1.82) is 0 Å². The molecule has 182 valence electrons. The molecular weight excluding hydrogens is 471 g/mol. The Bertz CT molecular complexity index is 1020. The highest BCUT2D eigenvalue weighted by molar-refractivity contribution is 6.67. The third kappa shape index (κ3) is 7.56. The maximum Gasteiger partial charge on any atom is 0.416 e. The normalized spacial score (nSPS) is 15.1. The van der Waals surface area contributed by atoms with Crippen LogP contribution in [0.5, 0.6) is 0 Å². The van der Waals surface area contributed by atoms with Crippen LogP contribution in [0.3, 0.4) is 0 Å². The van der Waals surface area contributed by atoms with Crippen molar-refractivity contribution in [2.75, 3.05) is 26.2 Å². The first-order valence-corrected chi connectivity index (χ1v) is 11.2. The number of carbonyl (C=O) groups excluding carboxylic acids is 3. The van der Waals surface area contributed by atoms with Crippen LogP contribution in [0.15, 0.2) is 48.5 Å². The van der Waals surface area contributed by atoms with Gasteiger partial charge in [0.15, 0.2) is 0 Å². The van der Waals surface area contributed by atoms with Crippen molar-refractivity contribution < 1.29 is 27.6 Å². The molecule has 2 amide bonds. The number of piperidine rings is 1. The molecule has 0 bridgehead atoms. The molecule has 2 N–H and O–H groups in total. The molecule has 10 heteroatoms. The summed E-state index contributed by atoms with van der Waals surface area (Å²) in [5.41, 5.74) is 0.480. The summed E-state index contributed by atoms with van der Waals surface area (Å²) < 4.78 is 38.3. The van der Waals surface area contributed by atoms with Gasteiger partial charge in [-0.05, 0) is 79.3 Å². The molecule has 0 spiro atoms. The standard InChI is InChI=1S/C24H25ClF3N3O3/c25-22(33)18-6-4-17(5-7-18)15-31-10-8-16(9-11-31)13-29-21(32)14-30-23(34)19-2-1-3-20(12-19)24(26,27)28/h1-7,12,16H,8-11,13-15H2,(H,29,32)(H,30,34). The number of rotatable bonds is 8. The summed E-state index contributed by atoms with van der Waals surface area (Å²) in [6.07, 6.45) is -2.75. The number of nitrogens with zero attached hydrogens (tertiary/aromatic N) is 1. The summed E-state index contributed by atoms with van der Waals surface area (Å²) >= 11 is 5.46. The Hall–Kier alpha value is -2.91. The zero-order valence-corrected chi connectivity index (χ0v) is 19.1. The summed E-state index contributed by atoms with van der Waals surface area (Å²) in [5, 5.41) is 4.65. The van der Waals surface area contributed by atoms with Gasteiger partial charge in [0.25, 0.3) is 11.1 Å². The van der Waals surface area contributed by atoms with Gasteiger partial charge in [0.05, 0.1) is 12.1 Å². The molecule has 0 aliphatic carbocycles. The van der Waals surface area contributed by atoms with Crippen LogP contribution in [-0.2, 0) is 17.5 Å². The molecule has 1 aliphatic rings. The van der Waals surface area contributed by atoms with E-state index in [1.807, 2.05) is 12.1 Å². The van der Waals surface area contributed by atoms with Gasteiger partial charge in [-0.2, -0.15) is 13.2 Å². The van der Waals surface area contributed by atoms with E-state index < -0.39 is 28.8 Å². The summed E-state index contributed by atoms with van der Waals surface area (Å²) in [5.74, 6) is -0.828. The number of nitrogens with one attached hydrogen (secondary N) is 2. The number of alkyl halides is 3. The molecule has 2 aromatic carbocycles. The lowest BCUT2D eigenvalue weighted by Gasteiger charge is -2.32. The fourth-order valence-electron chi connectivity index (χ4n) is 3.77. The molecule has 0 atom stereocenters. The lowest BCUT2D eigenvalue weighted by Crippen LogP contribution is -2.41. The minimum Gasteiger partial charge on any atom is -0.354 e. The largest absolute Gasteiger partial charge is 0.416 e. The molecule has 0 saturated carbocycles. The number of benzene rings is 2. The maximum atomic E-state index is 12.8. The average Bonchev–Trinajstić information content (AvgIpc) is 2.82. The van der Waals surface area contributed by atoms with Crippen LogP contribution in [0.25, 0.3) is 0 Å². The van der Waals surface area contributed by atoms with Crippen LogP contribution < -0.4 is 10.6 Å². The highest BCUT2D eigenvalue weighted by Gasteiger charge is 2.31. The summed E-state index contributed by atoms with van der Waals surface area (Å²) in [7, 11) is 0. The molecule has 0 radical (unpaired) electrons. The van der Waals surface area contributed by atoms with Crippen LogP contribution >= 0.6 is 11.6 Å². The van der Waals surface area contributed by atoms with E-state index in [1.54, 1.807) is 12.1 Å². The number of hydrogen-bond donors (Lipinski definition) is 2. The van der Waals surface area contributed by atoms with Gasteiger partial charge in [0.2, 0.25) is 5.91 Å². The Labute approximate surface area is 200 Å². The van der Waals surface area contributed by atoms with Crippen molar-refractivity contribution in [3.63, 3.8) is 0 Å². The van der Waals surface area contributed by atoms with Crippen LogP contribution in [0, 0.1) is 5.92 Å². The van der Waals surface area contributed by atoms with E-state index >= 15 is 0 Å². The Morgan fingerprint density at radius 3 is 2.26 bits per heavy atom. The zero-order chi connectivity index (χ0) is 24.7. The van der Waals surface area contributed by atoms with E-state index in [-0.39, 0.29) is 12.1 Å². The van der Waals surface area contributed by atoms with Gasteiger partial charge < -0.3 is 10.6 Å². The molecule has 34 heavy (non-hydrogen) atoms. The molecule has 0 unspecified atom stereocenters. The molecule has 6 nitrogen and oxygen atoms in total. The second-order valence-corrected chi connectivity index (χ2v) is 8.60. The van der Waals surface area contributed by atoms with Crippen molar-refractivity contribution in [2.24, 2.45) is 5.92 Å². The SMILES string of the molecule is O=C(CNC(=O)c1cccc(C(F)(F)F)c1)NCC1CCN(Cc2ccc(C(=O)Cl)cc2)CC1. The van der Waals surface area contributed by atoms with Crippen molar-refractivity contribution >= 4 is 28.7 Å². The fraction of sp³-hybridized carbons (Fsp3) is 0.375. The smallest absolute Gasteiger partial charge is 0.354 e. The van der Waals surface area contributed by atoms with Gasteiger partial charge >= 0.3 is 6.18 Å². The van der Waals surface area contributed by atoms with Crippen LogP contribution in [-0.4, -0.2) is 48.1 Å². The quantitative estimate of drug-likeness (QED) is 0.545. The monoisotopic (exact) mass is 495 g/mol. The zero-order valence-electron chi connectivity index (χ0n) is 18.3. The van der Waals surface area contributed by atoms with E-state index in [4.69, 9.17) is 11.6 Å². The number of likely N-dealkylation sites (tertiary alicyclic amines) is 1. The third-order valence-electron chi connectivity index (χ3n) is 5.74. The van der Waals surface area contributed by atoms with Crippen molar-refractivity contribution in [1.82, 2.24) is 15.5 Å². The van der Waals surface area contributed by atoms with Gasteiger partial charge in [-0.15, -0.1) is 0 Å². The first-order chi connectivity index (χ1) is 16.1. The third-order valence-corrected chi connectivity index (χ3v) is 5.96. The number of carbonyl (C=O) groups is 3. The molecule has 2 aromatic rings. The lowest BCUT2D eigenvalue weighted by atomic mass is 9.96. The Morgan fingerprint density at radius 1 is 0.971 bits per heavy atom. The Kier molecular flexibility index (Phi) is 8.68. The summed E-state index contributed by atoms with van der Waals surface area (Å²) in [6, 6.07) is 11.2. The van der Waals surface area contributed by atoms with Gasteiger partial charge in [0, 0.05) is 24.2 Å². The van der Waals surface area contributed by atoms with E-state index in [2.05, 4.69) is 15.5 Å². The maximum absolute atomic E-state index is 12.8. The van der Waals surface area contributed by atoms with Crippen molar-refractivity contribution in [2.45, 2.75) is 25.6 Å². The first-order valence-electron chi connectivity index (χ1n) is 10.8. The second kappa shape index (κ2) is 11.5. The topological polar surface area (TPSA) is 78.5 Å². The molecule has 1 heterocycles. The number of amides is 2. The molecule has 1 aliphatic heterocycles. The van der Waals surface area contributed by atoms with Crippen LogP contribution in [0.1, 0.15) is 44.7 Å². The predicted octanol–water partition coefficient (Wildman–Crippen LogP) is 3.84. The molecular formula is C24H25ClF3N3O3. The molecule has 1 saturated heterocycles. The van der Waals surface area contributed by atoms with Crippen LogP contribution in [0.4, 0.5) is 13.2 Å². The highest BCUT2D eigenvalue weighted by Crippen LogP contribution is 2.29. The molecule has 0 aromatic heterocycles. The molecule has 3 rings (SSSR count). The fourth-order valence-corrected chi connectivity index (χ4v) is 3.89. The predicted molar refractivity (Wildman–Crippen MR) is 121 cm³/mol. The van der Waals surface area contributed by atoms with E-state index in [1.165, 1.54) is 6.07 Å². The summed E-state index contributed by atoms with van der Waals surface area (Å²) in [6.45, 7) is 2.65. The highest BCUT2D eigenvalue weighted by atomic mass is 35.5. The lowest BCUT2D eigenvalue weighted by molar-refractivity contribution is -0.137. The average molecular weight is 496 g/mol. The first kappa shape index (κ1) is 25.7. The van der Waals surface area contributed by atoms with Gasteiger partial charge in [-0.3, -0.25) is 19.3 Å². The minimum atomic E-state index is -4.54. The minimum absolute atomic E-state index is 0.154. The second-order valence-electron chi connectivity index (χ2n) is 8.26. The van der Waals surface area contributed by atoms with Crippen molar-refractivity contribution in [3.05, 3.63) is 70.8 Å². The number of hydrogen-bond acceptors (Lipinski definition) is 4. The van der Waals surface area contributed by atoms with E-state index in [0.29, 0.717) is 18.0 Å². The van der Waals surface area contributed by atoms with Crippen LogP contribution in [0.2, 0.25) is 0 Å². The van der Waals surface area contributed by atoms with Gasteiger partial charge in [0.1, 0.15) is 0 Å². The number of halogens is 4. The molecule has 1 fully saturated rings. The van der Waals surface area contributed by atoms with Gasteiger partial charge in [-0.1, -0.05) is 18.2 Å². The Morgan fingerprint density at radius 2 is 1.65 bits per heavy atom. The van der Waals surface area contributed by atoms with E-state index in [0.717, 1.165) is 56.2 Å². The van der Waals surface area contributed by atoms with Gasteiger partial charge in [-0.25, -0.2) is 0 Å².